The van der Waals surface area contributed by atoms with Gasteiger partial charge in [0.2, 0.25) is 6.23 Å². The third-order valence-electron chi connectivity index (χ3n) is 5.72. The molecule has 1 atom stereocenters. The number of benzene rings is 1. The minimum Gasteiger partial charge on any atom is -1.00 e. The van der Waals surface area contributed by atoms with Crippen LogP contribution in [0.3, 0.4) is 0 Å². The number of hydrogen-bond donors (Lipinski definition) is 0. The Balaban J connectivity index is -0.000000577. The van der Waals surface area contributed by atoms with Gasteiger partial charge in [0.15, 0.2) is 0 Å². The summed E-state index contributed by atoms with van der Waals surface area (Å²) in [6.07, 6.45) is 3.05. The van der Waals surface area contributed by atoms with E-state index in [-0.39, 0.29) is 43.0 Å². The predicted octanol–water partition coefficient (Wildman–Crippen LogP) is -0.891. The predicted molar refractivity (Wildman–Crippen MR) is 140 cm³/mol. The Kier molecular flexibility index (Phi) is 20.7. The Morgan fingerprint density at radius 1 is 0.917 bits per heavy atom. The van der Waals surface area contributed by atoms with Crippen molar-refractivity contribution in [2.45, 2.75) is 59.7 Å². The molecule has 36 heavy (non-hydrogen) atoms. The molecule has 0 amide bonds. The molecule has 0 aliphatic carbocycles. The van der Waals surface area contributed by atoms with E-state index in [9.17, 15) is 9.59 Å². The zero-order valence-corrected chi connectivity index (χ0v) is 25.1. The van der Waals surface area contributed by atoms with Crippen LogP contribution in [-0.2, 0) is 25.6 Å². The first-order valence-corrected chi connectivity index (χ1v) is 12.1. The fourth-order valence-corrected chi connectivity index (χ4v) is 3.02. The smallest absolute Gasteiger partial charge is 0.337 e. The van der Waals surface area contributed by atoms with Crippen LogP contribution in [0.25, 0.3) is 0 Å². The number of esters is 2. The van der Waals surface area contributed by atoms with Crippen molar-refractivity contribution in [1.82, 2.24) is 0 Å². The highest BCUT2D eigenvalue weighted by molar-refractivity contribution is 5.87. The summed E-state index contributed by atoms with van der Waals surface area (Å²) in [6.45, 7) is 17.8. The van der Waals surface area contributed by atoms with Crippen molar-refractivity contribution in [3.8, 4) is 0 Å². The zero-order chi connectivity index (χ0) is 26.4. The highest BCUT2D eigenvalue weighted by atomic mass is 35.5. The van der Waals surface area contributed by atoms with Crippen molar-refractivity contribution in [2.24, 2.45) is 0 Å². The van der Waals surface area contributed by atoms with Gasteiger partial charge in [-0.1, -0.05) is 56.8 Å². The Hall–Kier alpha value is -1.86. The van der Waals surface area contributed by atoms with Gasteiger partial charge >= 0.3 is 11.9 Å². The molecule has 1 aromatic rings. The molecule has 1 aromatic carbocycles. The van der Waals surface area contributed by atoms with E-state index in [2.05, 4.69) is 67.3 Å². The van der Waals surface area contributed by atoms with Gasteiger partial charge in [0, 0.05) is 23.1 Å². The van der Waals surface area contributed by atoms with Crippen molar-refractivity contribution in [3.05, 3.63) is 60.2 Å². The molecule has 0 aromatic heterocycles. The summed E-state index contributed by atoms with van der Waals surface area (Å²) >= 11 is 0. The molecule has 0 heterocycles. The number of quaternary nitrogens is 2. The van der Waals surface area contributed by atoms with Crippen LogP contribution in [0, 0.1) is 0 Å². The minimum absolute atomic E-state index is 0. The van der Waals surface area contributed by atoms with Gasteiger partial charge in [0.05, 0.1) is 34.7 Å². The standard InChI is InChI=1S/C15H22NO2.C13H26NO2.2ClH/c1-13(2)15(17)18-11-10-16(3,4)12-14-8-6-5-7-9-14;1-7-9-10-12(14(5,6)8-2)16-13(15)11(3)4;;/h5-9H,1,10-12H2,2-4H3;12H,3,7-10H2,1-2,4-6H3;2*1H/q2*+1;;/p-2. The molecule has 0 saturated carbocycles. The van der Waals surface area contributed by atoms with Gasteiger partial charge in [-0.3, -0.25) is 4.48 Å². The first-order chi connectivity index (χ1) is 15.8. The average Bonchev–Trinajstić information content (AvgIpc) is 2.76. The summed E-state index contributed by atoms with van der Waals surface area (Å²) in [5, 5.41) is 0. The molecule has 0 spiro atoms. The molecule has 0 saturated heterocycles. The van der Waals surface area contributed by atoms with Crippen LogP contribution in [0.5, 0.6) is 0 Å². The number of nitrogens with zero attached hydrogens (tertiary/aromatic N) is 2. The highest BCUT2D eigenvalue weighted by Gasteiger charge is 2.29. The van der Waals surface area contributed by atoms with E-state index in [1.54, 1.807) is 13.8 Å². The van der Waals surface area contributed by atoms with Crippen LogP contribution < -0.4 is 24.8 Å². The zero-order valence-electron chi connectivity index (χ0n) is 23.6. The number of ether oxygens (including phenoxy) is 2. The van der Waals surface area contributed by atoms with Gasteiger partial charge in [0.25, 0.3) is 0 Å². The lowest BCUT2D eigenvalue weighted by atomic mass is 10.2. The van der Waals surface area contributed by atoms with Crippen LogP contribution >= 0.6 is 0 Å². The van der Waals surface area contributed by atoms with E-state index in [0.717, 1.165) is 43.4 Å². The summed E-state index contributed by atoms with van der Waals surface area (Å²) < 4.78 is 12.1. The van der Waals surface area contributed by atoms with Crippen molar-refractivity contribution < 1.29 is 52.8 Å². The minimum atomic E-state index is -0.310. The second-order valence-corrected chi connectivity index (χ2v) is 10.1. The Labute approximate surface area is 232 Å². The average molecular weight is 548 g/mol. The summed E-state index contributed by atoms with van der Waals surface area (Å²) in [7, 11) is 8.43. The van der Waals surface area contributed by atoms with Gasteiger partial charge in [-0.05, 0) is 27.2 Å². The fraction of sp³-hybridized carbons (Fsp3) is 0.571. The summed E-state index contributed by atoms with van der Waals surface area (Å²) in [4.78, 5) is 22.8. The van der Waals surface area contributed by atoms with E-state index in [0.29, 0.717) is 22.2 Å². The molecular formula is C28H48Cl2N2O4. The number of likely N-dealkylation sites (N-methyl/N-ethyl adjacent to an activating group) is 1. The van der Waals surface area contributed by atoms with E-state index in [1.165, 1.54) is 5.56 Å². The van der Waals surface area contributed by atoms with Gasteiger partial charge in [0.1, 0.15) is 19.7 Å². The second-order valence-electron chi connectivity index (χ2n) is 10.1. The molecule has 0 N–H and O–H groups in total. The maximum Gasteiger partial charge on any atom is 0.337 e. The Morgan fingerprint density at radius 3 is 1.89 bits per heavy atom. The van der Waals surface area contributed by atoms with E-state index >= 15 is 0 Å². The lowest BCUT2D eigenvalue weighted by molar-refractivity contribution is -0.933. The maximum atomic E-state index is 11.5. The van der Waals surface area contributed by atoms with Crippen LogP contribution in [-0.4, -0.2) is 75.0 Å². The van der Waals surface area contributed by atoms with E-state index < -0.39 is 0 Å². The van der Waals surface area contributed by atoms with Crippen LogP contribution in [0.4, 0.5) is 0 Å². The van der Waals surface area contributed by atoms with Gasteiger partial charge in [-0.25, -0.2) is 9.59 Å². The molecule has 0 radical (unpaired) electrons. The highest BCUT2D eigenvalue weighted by Crippen LogP contribution is 2.16. The lowest BCUT2D eigenvalue weighted by Crippen LogP contribution is -3.00. The number of hydrogen-bond acceptors (Lipinski definition) is 4. The topological polar surface area (TPSA) is 52.6 Å². The number of carbonyl (C=O) groups excluding carboxylic acids is 2. The van der Waals surface area contributed by atoms with E-state index in [1.807, 2.05) is 18.2 Å². The molecule has 6 nitrogen and oxygen atoms in total. The molecule has 0 aliphatic heterocycles. The monoisotopic (exact) mass is 546 g/mol. The van der Waals surface area contributed by atoms with Gasteiger partial charge in [-0.15, -0.1) is 0 Å². The Bertz CT molecular complexity index is 796. The number of rotatable bonds is 13. The van der Waals surface area contributed by atoms with Crippen molar-refractivity contribution in [2.75, 3.05) is 47.9 Å². The first-order valence-electron chi connectivity index (χ1n) is 12.1. The fourth-order valence-electron chi connectivity index (χ4n) is 3.02. The van der Waals surface area contributed by atoms with E-state index in [4.69, 9.17) is 9.47 Å². The second kappa shape index (κ2) is 19.3. The molecule has 8 heteroatoms. The summed E-state index contributed by atoms with van der Waals surface area (Å²) in [5.74, 6) is -0.588. The SMILES string of the molecule is C=C(C)C(=O)OC(CCCC)[N+](C)(C)CC.C=C(C)C(=O)OCC[N+](C)(C)Cc1ccccc1.[Cl-].[Cl-]. The molecule has 0 fully saturated rings. The third kappa shape index (κ3) is 16.7. The number of carbonyl (C=O) groups is 2. The molecule has 0 bridgehead atoms. The third-order valence-corrected chi connectivity index (χ3v) is 5.72. The summed E-state index contributed by atoms with van der Waals surface area (Å²) in [6, 6.07) is 10.3. The van der Waals surface area contributed by atoms with Crippen LogP contribution in [0.1, 0.15) is 52.5 Å². The van der Waals surface area contributed by atoms with Crippen molar-refractivity contribution in [3.63, 3.8) is 0 Å². The molecule has 1 rings (SSSR count). The molecule has 0 aliphatic rings. The number of unbranched alkanes of at least 4 members (excludes halogenated alkanes) is 1. The van der Waals surface area contributed by atoms with Crippen molar-refractivity contribution in [1.29, 1.82) is 0 Å². The first kappa shape index (κ1) is 38.7. The molecule has 1 unspecified atom stereocenters. The number of halogens is 2. The molecular weight excluding hydrogens is 499 g/mol. The molecule has 208 valence electrons. The van der Waals surface area contributed by atoms with Gasteiger partial charge < -0.3 is 38.8 Å². The quantitative estimate of drug-likeness (QED) is 0.139. The van der Waals surface area contributed by atoms with Crippen LogP contribution in [0.15, 0.2) is 54.6 Å². The summed E-state index contributed by atoms with van der Waals surface area (Å²) in [5.41, 5.74) is 2.20. The lowest BCUT2D eigenvalue weighted by Gasteiger charge is -2.36. The largest absolute Gasteiger partial charge is 1.00 e. The maximum absolute atomic E-state index is 11.5. The normalized spacial score (nSPS) is 11.4. The van der Waals surface area contributed by atoms with Gasteiger partial charge in [-0.2, -0.15) is 0 Å². The van der Waals surface area contributed by atoms with Crippen LogP contribution in [0.2, 0.25) is 0 Å². The Morgan fingerprint density at radius 2 is 1.44 bits per heavy atom. The van der Waals surface area contributed by atoms with Crippen molar-refractivity contribution >= 4 is 11.9 Å².